The fraction of sp³-hybridized carbons (Fsp3) is 0.0526. The molecule has 98 valence electrons. The van der Waals surface area contributed by atoms with Crippen molar-refractivity contribution in [3.05, 3.63) is 90.5 Å². The molecule has 0 heterocycles. The van der Waals surface area contributed by atoms with E-state index in [0.717, 1.165) is 17.1 Å². The summed E-state index contributed by atoms with van der Waals surface area (Å²) in [5.41, 5.74) is 4.72. The Bertz CT molecular complexity index is 623. The summed E-state index contributed by atoms with van der Waals surface area (Å²) in [5, 5.41) is 0. The summed E-state index contributed by atoms with van der Waals surface area (Å²) in [6, 6.07) is 30.1. The van der Waals surface area contributed by atoms with Crippen molar-refractivity contribution in [1.82, 2.24) is 0 Å². The van der Waals surface area contributed by atoms with Crippen LogP contribution in [0.1, 0.15) is 5.56 Å². The molecule has 0 spiro atoms. The molecule has 1 nitrogen and oxygen atoms in total. The van der Waals surface area contributed by atoms with E-state index < -0.39 is 0 Å². The van der Waals surface area contributed by atoms with E-state index in [1.165, 1.54) is 5.56 Å². The maximum absolute atomic E-state index is 3.07. The Morgan fingerprint density at radius 1 is 0.667 bits per heavy atom. The van der Waals surface area contributed by atoms with Crippen molar-refractivity contribution < 1.29 is 18.9 Å². The van der Waals surface area contributed by atoms with Gasteiger partial charge in [-0.2, -0.15) is 18.2 Å². The van der Waals surface area contributed by atoms with Crippen LogP contribution < -0.4 is 23.8 Å². The average molecular weight is 265 g/mol. The standard InChI is InChI=1S/C19H16N.Li/c1-16-12-14-19(15-13-16)20(17-8-4-2-5-9-17)18-10-6-3-7-11-18;/h2,4-15H,1H3;/q-1;+1. The Hall–Kier alpha value is -1.94. The van der Waals surface area contributed by atoms with E-state index in [2.05, 4.69) is 78.6 Å². The minimum atomic E-state index is 0. The molecular formula is C19H16LiN. The monoisotopic (exact) mass is 265 g/mol. The van der Waals surface area contributed by atoms with Crippen molar-refractivity contribution >= 4 is 17.1 Å². The van der Waals surface area contributed by atoms with E-state index in [1.54, 1.807) is 0 Å². The summed E-state index contributed by atoms with van der Waals surface area (Å²) in [6.45, 7) is 2.11. The number of hydrogen-bond donors (Lipinski definition) is 0. The fourth-order valence-corrected chi connectivity index (χ4v) is 2.25. The number of para-hydroxylation sites is 1. The van der Waals surface area contributed by atoms with Gasteiger partial charge in [-0.1, -0.05) is 41.6 Å². The van der Waals surface area contributed by atoms with Crippen molar-refractivity contribution in [2.75, 3.05) is 4.90 Å². The zero-order valence-electron chi connectivity index (χ0n) is 12.5. The molecule has 0 unspecified atom stereocenters. The second-order valence-corrected chi connectivity index (χ2v) is 4.76. The van der Waals surface area contributed by atoms with Crippen LogP contribution >= 0.6 is 0 Å². The maximum atomic E-state index is 3.07. The van der Waals surface area contributed by atoms with Crippen LogP contribution in [0.25, 0.3) is 0 Å². The first kappa shape index (κ1) is 15.4. The Morgan fingerprint density at radius 3 is 1.81 bits per heavy atom. The summed E-state index contributed by atoms with van der Waals surface area (Å²) < 4.78 is 0. The van der Waals surface area contributed by atoms with Crippen molar-refractivity contribution in [2.24, 2.45) is 0 Å². The van der Waals surface area contributed by atoms with Gasteiger partial charge in [0.2, 0.25) is 0 Å². The maximum Gasteiger partial charge on any atom is 1.00 e. The van der Waals surface area contributed by atoms with Crippen molar-refractivity contribution in [1.29, 1.82) is 0 Å². The molecule has 0 amide bonds. The minimum absolute atomic E-state index is 0. The molecule has 2 heteroatoms. The molecule has 0 bridgehead atoms. The van der Waals surface area contributed by atoms with Crippen molar-refractivity contribution in [2.45, 2.75) is 6.92 Å². The first-order chi connectivity index (χ1) is 9.84. The van der Waals surface area contributed by atoms with E-state index >= 15 is 0 Å². The first-order valence-corrected chi connectivity index (χ1v) is 6.72. The molecule has 3 aromatic carbocycles. The molecule has 0 fully saturated rings. The molecule has 0 aliphatic rings. The summed E-state index contributed by atoms with van der Waals surface area (Å²) >= 11 is 0. The molecule has 21 heavy (non-hydrogen) atoms. The van der Waals surface area contributed by atoms with Gasteiger partial charge in [-0.05, 0) is 31.2 Å². The first-order valence-electron chi connectivity index (χ1n) is 6.72. The molecule has 3 aromatic rings. The number of nitrogens with zero attached hydrogens (tertiary/aromatic N) is 1. The number of rotatable bonds is 3. The van der Waals surface area contributed by atoms with Crippen LogP contribution in [0.4, 0.5) is 17.1 Å². The third kappa shape index (κ3) is 3.58. The summed E-state index contributed by atoms with van der Waals surface area (Å²) in [5.74, 6) is 0. The third-order valence-corrected chi connectivity index (χ3v) is 3.27. The van der Waals surface area contributed by atoms with Crippen LogP contribution in [-0.4, -0.2) is 0 Å². The van der Waals surface area contributed by atoms with E-state index in [-0.39, 0.29) is 18.9 Å². The van der Waals surface area contributed by atoms with Gasteiger partial charge in [-0.25, -0.2) is 0 Å². The van der Waals surface area contributed by atoms with Crippen LogP contribution in [0.5, 0.6) is 0 Å². The van der Waals surface area contributed by atoms with Gasteiger partial charge in [0.15, 0.2) is 0 Å². The number of aryl methyl sites for hydroxylation is 1. The molecule has 0 atom stereocenters. The Balaban J connectivity index is 0.00000161. The predicted octanol–water partition coefficient (Wildman–Crippen LogP) is 2.27. The van der Waals surface area contributed by atoms with Gasteiger partial charge in [0.25, 0.3) is 0 Å². The number of benzene rings is 3. The molecule has 0 N–H and O–H groups in total. The normalized spacial score (nSPS) is 9.76. The van der Waals surface area contributed by atoms with Gasteiger partial charge in [0.05, 0.1) is 0 Å². The van der Waals surface area contributed by atoms with Gasteiger partial charge >= 0.3 is 18.9 Å². The Labute approximate surface area is 138 Å². The molecule has 0 saturated carbocycles. The second kappa shape index (κ2) is 7.18. The number of hydrogen-bond acceptors (Lipinski definition) is 1. The van der Waals surface area contributed by atoms with Gasteiger partial charge in [0, 0.05) is 11.4 Å². The topological polar surface area (TPSA) is 3.24 Å². The summed E-state index contributed by atoms with van der Waals surface area (Å²) in [6.07, 6.45) is 0. The van der Waals surface area contributed by atoms with Crippen LogP contribution in [0, 0.1) is 13.0 Å². The number of anilines is 3. The molecule has 0 saturated heterocycles. The smallest absolute Gasteiger partial charge is 0.334 e. The zero-order chi connectivity index (χ0) is 13.8. The van der Waals surface area contributed by atoms with Crippen LogP contribution in [0.15, 0.2) is 78.9 Å². The third-order valence-electron chi connectivity index (χ3n) is 3.27. The molecular weight excluding hydrogens is 249 g/mol. The van der Waals surface area contributed by atoms with Gasteiger partial charge in [0.1, 0.15) is 0 Å². The molecule has 0 aliphatic heterocycles. The SMILES string of the molecule is Cc1ccc(N(c2cc[c-]cc2)c2ccccc2)cc1.[Li+]. The second-order valence-electron chi connectivity index (χ2n) is 4.76. The fourth-order valence-electron chi connectivity index (χ4n) is 2.25. The van der Waals surface area contributed by atoms with Crippen LogP contribution in [0.3, 0.4) is 0 Å². The van der Waals surface area contributed by atoms with Crippen molar-refractivity contribution in [3.63, 3.8) is 0 Å². The molecule has 0 radical (unpaired) electrons. The Kier molecular flexibility index (Phi) is 5.28. The van der Waals surface area contributed by atoms with Crippen molar-refractivity contribution in [3.8, 4) is 0 Å². The van der Waals surface area contributed by atoms with Crippen LogP contribution in [0.2, 0.25) is 0 Å². The largest absolute Gasteiger partial charge is 1.00 e. The van der Waals surface area contributed by atoms with Gasteiger partial charge < -0.3 is 4.90 Å². The molecule has 0 aliphatic carbocycles. The zero-order valence-corrected chi connectivity index (χ0v) is 12.5. The van der Waals surface area contributed by atoms with Gasteiger partial charge in [-0.15, -0.1) is 12.1 Å². The summed E-state index contributed by atoms with van der Waals surface area (Å²) in [4.78, 5) is 2.24. The quantitative estimate of drug-likeness (QED) is 0.519. The van der Waals surface area contributed by atoms with E-state index in [4.69, 9.17) is 0 Å². The van der Waals surface area contributed by atoms with Gasteiger partial charge in [-0.3, -0.25) is 0 Å². The van der Waals surface area contributed by atoms with E-state index in [1.807, 2.05) is 18.2 Å². The summed E-state index contributed by atoms with van der Waals surface area (Å²) in [7, 11) is 0. The predicted molar refractivity (Wildman–Crippen MR) is 84.7 cm³/mol. The minimum Gasteiger partial charge on any atom is -0.334 e. The van der Waals surface area contributed by atoms with E-state index in [0.29, 0.717) is 0 Å². The molecule has 0 aromatic heterocycles. The average Bonchev–Trinajstić information content (AvgIpc) is 2.52. The Morgan fingerprint density at radius 2 is 1.19 bits per heavy atom. The molecule has 3 rings (SSSR count). The van der Waals surface area contributed by atoms with Crippen LogP contribution in [-0.2, 0) is 0 Å². The van der Waals surface area contributed by atoms with E-state index in [9.17, 15) is 0 Å².